The van der Waals surface area contributed by atoms with Gasteiger partial charge in [-0.2, -0.15) is 5.26 Å². The van der Waals surface area contributed by atoms with Gasteiger partial charge in [0.25, 0.3) is 0 Å². The highest BCUT2D eigenvalue weighted by Crippen LogP contribution is 2.17. The lowest BCUT2D eigenvalue weighted by Crippen LogP contribution is -1.99. The molecule has 0 bridgehead atoms. The van der Waals surface area contributed by atoms with E-state index in [1.54, 1.807) is 0 Å². The molecule has 0 saturated heterocycles. The van der Waals surface area contributed by atoms with Gasteiger partial charge in [-0.25, -0.2) is 8.78 Å². The fourth-order valence-corrected chi connectivity index (χ4v) is 0.921. The van der Waals surface area contributed by atoms with Crippen LogP contribution in [-0.2, 0) is 0 Å². The van der Waals surface area contributed by atoms with E-state index >= 15 is 0 Å². The van der Waals surface area contributed by atoms with Crippen LogP contribution in [-0.4, -0.2) is 6.61 Å². The third-order valence-corrected chi connectivity index (χ3v) is 1.58. The van der Waals surface area contributed by atoms with Crippen molar-refractivity contribution in [2.24, 2.45) is 0 Å². The molecule has 0 aliphatic heterocycles. The van der Waals surface area contributed by atoms with Gasteiger partial charge >= 0.3 is 0 Å². The SMILES string of the molecule is N#CCCCOc1cc(F)ccc1F. The molecular formula is C10H9F2NO. The standard InChI is InChI=1S/C10H9F2NO/c11-8-3-4-9(12)10(7-8)14-6-2-1-5-13/h3-4,7H,1-2,6H2. The maximum Gasteiger partial charge on any atom is 0.165 e. The zero-order chi connectivity index (χ0) is 10.4. The van der Waals surface area contributed by atoms with Crippen molar-refractivity contribution in [1.29, 1.82) is 5.26 Å². The third-order valence-electron chi connectivity index (χ3n) is 1.58. The number of unbranched alkanes of at least 4 members (excludes halogenated alkanes) is 1. The minimum absolute atomic E-state index is 0.108. The van der Waals surface area contributed by atoms with Gasteiger partial charge in [0.05, 0.1) is 12.7 Å². The predicted octanol–water partition coefficient (Wildman–Crippen LogP) is 2.65. The molecule has 0 aromatic heterocycles. The van der Waals surface area contributed by atoms with Gasteiger partial charge in [-0.15, -0.1) is 0 Å². The van der Waals surface area contributed by atoms with Crippen LogP contribution in [0.3, 0.4) is 0 Å². The maximum absolute atomic E-state index is 12.9. The molecule has 0 N–H and O–H groups in total. The van der Waals surface area contributed by atoms with Crippen molar-refractivity contribution in [1.82, 2.24) is 0 Å². The van der Waals surface area contributed by atoms with E-state index in [0.29, 0.717) is 12.8 Å². The summed E-state index contributed by atoms with van der Waals surface area (Å²) in [5.41, 5.74) is 0. The Morgan fingerprint density at radius 1 is 1.36 bits per heavy atom. The van der Waals surface area contributed by atoms with Gasteiger partial charge in [-0.3, -0.25) is 0 Å². The van der Waals surface area contributed by atoms with Crippen molar-refractivity contribution in [3.63, 3.8) is 0 Å². The Balaban J connectivity index is 2.50. The molecule has 1 rings (SSSR count). The third kappa shape index (κ3) is 3.02. The first kappa shape index (κ1) is 10.5. The van der Waals surface area contributed by atoms with Crippen LogP contribution in [0.2, 0.25) is 0 Å². The summed E-state index contributed by atoms with van der Waals surface area (Å²) < 4.78 is 30.5. The number of benzene rings is 1. The number of hydrogen-bond acceptors (Lipinski definition) is 2. The quantitative estimate of drug-likeness (QED) is 0.695. The van der Waals surface area contributed by atoms with E-state index in [4.69, 9.17) is 10.00 Å². The van der Waals surface area contributed by atoms with E-state index in [2.05, 4.69) is 0 Å². The zero-order valence-corrected chi connectivity index (χ0v) is 7.46. The predicted molar refractivity (Wildman–Crippen MR) is 46.7 cm³/mol. The Morgan fingerprint density at radius 2 is 2.14 bits per heavy atom. The number of nitriles is 1. The molecule has 0 atom stereocenters. The number of nitrogens with zero attached hydrogens (tertiary/aromatic N) is 1. The summed E-state index contributed by atoms with van der Waals surface area (Å²) in [6.45, 7) is 0.216. The van der Waals surface area contributed by atoms with E-state index in [9.17, 15) is 8.78 Å². The first-order valence-electron chi connectivity index (χ1n) is 4.19. The topological polar surface area (TPSA) is 33.0 Å². The molecule has 0 spiro atoms. The van der Waals surface area contributed by atoms with Crippen LogP contribution >= 0.6 is 0 Å². The maximum atomic E-state index is 12.9. The van der Waals surface area contributed by atoms with Gasteiger partial charge < -0.3 is 4.74 Å². The van der Waals surface area contributed by atoms with Crippen molar-refractivity contribution in [2.45, 2.75) is 12.8 Å². The van der Waals surface area contributed by atoms with E-state index in [1.807, 2.05) is 6.07 Å². The molecule has 0 heterocycles. The summed E-state index contributed by atoms with van der Waals surface area (Å²) in [5, 5.41) is 8.22. The molecule has 0 amide bonds. The van der Waals surface area contributed by atoms with Crippen LogP contribution in [0.4, 0.5) is 8.78 Å². The first-order chi connectivity index (χ1) is 6.74. The molecule has 0 aliphatic rings. The molecule has 14 heavy (non-hydrogen) atoms. The van der Waals surface area contributed by atoms with E-state index in [1.165, 1.54) is 0 Å². The molecule has 1 aromatic rings. The van der Waals surface area contributed by atoms with Gasteiger partial charge in [0, 0.05) is 12.5 Å². The summed E-state index contributed by atoms with van der Waals surface area (Å²) in [5.74, 6) is -1.24. The summed E-state index contributed by atoms with van der Waals surface area (Å²) in [4.78, 5) is 0. The largest absolute Gasteiger partial charge is 0.490 e. The van der Waals surface area contributed by atoms with E-state index in [0.717, 1.165) is 18.2 Å². The average Bonchev–Trinajstić information content (AvgIpc) is 2.18. The normalized spacial score (nSPS) is 9.50. The molecular weight excluding hydrogens is 188 g/mol. The minimum atomic E-state index is -0.594. The fraction of sp³-hybridized carbons (Fsp3) is 0.300. The summed E-state index contributed by atoms with van der Waals surface area (Å²) in [6.07, 6.45) is 0.851. The van der Waals surface area contributed by atoms with E-state index < -0.39 is 11.6 Å². The van der Waals surface area contributed by atoms with Crippen molar-refractivity contribution < 1.29 is 13.5 Å². The molecule has 0 aliphatic carbocycles. The number of halogens is 2. The van der Waals surface area contributed by atoms with Crippen molar-refractivity contribution >= 4 is 0 Å². The van der Waals surface area contributed by atoms with Gasteiger partial charge in [-0.1, -0.05) is 0 Å². The van der Waals surface area contributed by atoms with Crippen LogP contribution in [0.15, 0.2) is 18.2 Å². The van der Waals surface area contributed by atoms with Crippen molar-refractivity contribution in [2.75, 3.05) is 6.61 Å². The van der Waals surface area contributed by atoms with Gasteiger partial charge in [0.2, 0.25) is 0 Å². The number of hydrogen-bond donors (Lipinski definition) is 0. The molecule has 0 unspecified atom stereocenters. The summed E-state index contributed by atoms with van der Waals surface area (Å²) in [7, 11) is 0. The average molecular weight is 197 g/mol. The molecule has 2 nitrogen and oxygen atoms in total. The molecule has 0 fully saturated rings. The van der Waals surface area contributed by atoms with Crippen LogP contribution in [0.5, 0.6) is 5.75 Å². The molecule has 1 aromatic carbocycles. The molecule has 74 valence electrons. The lowest BCUT2D eigenvalue weighted by molar-refractivity contribution is 0.295. The van der Waals surface area contributed by atoms with Gasteiger partial charge in [0.1, 0.15) is 5.82 Å². The second kappa shape index (κ2) is 5.18. The fourth-order valence-electron chi connectivity index (χ4n) is 0.921. The van der Waals surface area contributed by atoms with Crippen LogP contribution in [0, 0.1) is 23.0 Å². The summed E-state index contributed by atoms with van der Waals surface area (Å²) >= 11 is 0. The Hall–Kier alpha value is -1.63. The Bertz CT molecular complexity index is 346. The van der Waals surface area contributed by atoms with Crippen molar-refractivity contribution in [3.8, 4) is 11.8 Å². The highest BCUT2D eigenvalue weighted by atomic mass is 19.1. The van der Waals surface area contributed by atoms with Crippen LogP contribution in [0.25, 0.3) is 0 Å². The highest BCUT2D eigenvalue weighted by molar-refractivity contribution is 5.24. The second-order valence-electron chi connectivity index (χ2n) is 2.68. The van der Waals surface area contributed by atoms with Crippen LogP contribution in [0.1, 0.15) is 12.8 Å². The Labute approximate surface area is 80.7 Å². The zero-order valence-electron chi connectivity index (χ0n) is 7.46. The smallest absolute Gasteiger partial charge is 0.165 e. The first-order valence-corrected chi connectivity index (χ1v) is 4.19. The minimum Gasteiger partial charge on any atom is -0.490 e. The molecule has 4 heteroatoms. The Morgan fingerprint density at radius 3 is 2.86 bits per heavy atom. The van der Waals surface area contributed by atoms with E-state index in [-0.39, 0.29) is 12.4 Å². The monoisotopic (exact) mass is 197 g/mol. The summed E-state index contributed by atoms with van der Waals surface area (Å²) in [6, 6.07) is 4.95. The van der Waals surface area contributed by atoms with Crippen molar-refractivity contribution in [3.05, 3.63) is 29.8 Å². The lowest BCUT2D eigenvalue weighted by atomic mass is 10.3. The molecule has 0 saturated carbocycles. The van der Waals surface area contributed by atoms with Crippen LogP contribution < -0.4 is 4.74 Å². The lowest BCUT2D eigenvalue weighted by Gasteiger charge is -2.05. The number of ether oxygens (including phenoxy) is 1. The second-order valence-corrected chi connectivity index (χ2v) is 2.68. The highest BCUT2D eigenvalue weighted by Gasteiger charge is 2.03. The van der Waals surface area contributed by atoms with Gasteiger partial charge in [0.15, 0.2) is 11.6 Å². The van der Waals surface area contributed by atoms with Gasteiger partial charge in [-0.05, 0) is 18.6 Å². The number of rotatable bonds is 4. The Kier molecular flexibility index (Phi) is 3.86. The molecule has 0 radical (unpaired) electrons.